The van der Waals surface area contributed by atoms with Crippen LogP contribution in [0.25, 0.3) is 11.3 Å². The molecule has 0 aliphatic heterocycles. The van der Waals surface area contributed by atoms with Gasteiger partial charge in [0.15, 0.2) is 5.13 Å². The van der Waals surface area contributed by atoms with E-state index in [0.717, 1.165) is 17.0 Å². The standard InChI is InChI=1S/C16H20N2OS/c1-10-7-12(14-9-20-16(17)18-14)8-11(2)15(10)19-13-5-3-4-6-13/h7-9,13H,3-6H2,1-2H3,(H2,17,18). The summed E-state index contributed by atoms with van der Waals surface area (Å²) in [5, 5.41) is 2.61. The first-order valence-corrected chi connectivity index (χ1v) is 8.01. The summed E-state index contributed by atoms with van der Waals surface area (Å²) in [6.07, 6.45) is 5.35. The Morgan fingerprint density at radius 1 is 1.20 bits per heavy atom. The number of nitrogen functional groups attached to an aromatic ring is 1. The van der Waals surface area contributed by atoms with Gasteiger partial charge in [-0.05, 0) is 62.8 Å². The lowest BCUT2D eigenvalue weighted by Gasteiger charge is -2.18. The van der Waals surface area contributed by atoms with Crippen LogP contribution in [0.3, 0.4) is 0 Å². The lowest BCUT2D eigenvalue weighted by Crippen LogP contribution is -2.12. The van der Waals surface area contributed by atoms with Crippen LogP contribution in [0.15, 0.2) is 17.5 Å². The molecule has 0 radical (unpaired) electrons. The Balaban J connectivity index is 1.89. The zero-order valence-corrected chi connectivity index (χ0v) is 12.8. The van der Waals surface area contributed by atoms with Crippen LogP contribution in [-0.2, 0) is 0 Å². The lowest BCUT2D eigenvalue weighted by atomic mass is 10.0. The Labute approximate surface area is 123 Å². The quantitative estimate of drug-likeness (QED) is 0.914. The number of ether oxygens (including phenoxy) is 1. The molecule has 1 saturated carbocycles. The van der Waals surface area contributed by atoms with E-state index in [1.54, 1.807) is 0 Å². The maximum absolute atomic E-state index is 6.19. The second-order valence-corrected chi connectivity index (χ2v) is 6.42. The van der Waals surface area contributed by atoms with Gasteiger partial charge in [-0.3, -0.25) is 0 Å². The van der Waals surface area contributed by atoms with Crippen LogP contribution in [0.1, 0.15) is 36.8 Å². The van der Waals surface area contributed by atoms with Crippen LogP contribution in [0, 0.1) is 13.8 Å². The molecule has 1 aromatic carbocycles. The molecule has 1 aromatic heterocycles. The molecule has 1 aliphatic rings. The maximum atomic E-state index is 6.19. The molecule has 0 amide bonds. The highest BCUT2D eigenvalue weighted by Crippen LogP contribution is 2.33. The zero-order valence-electron chi connectivity index (χ0n) is 12.0. The number of rotatable bonds is 3. The van der Waals surface area contributed by atoms with Crippen molar-refractivity contribution in [1.82, 2.24) is 4.98 Å². The Morgan fingerprint density at radius 2 is 1.85 bits per heavy atom. The van der Waals surface area contributed by atoms with Gasteiger partial charge >= 0.3 is 0 Å². The van der Waals surface area contributed by atoms with Crippen molar-refractivity contribution in [3.05, 3.63) is 28.6 Å². The summed E-state index contributed by atoms with van der Waals surface area (Å²) >= 11 is 1.48. The van der Waals surface area contributed by atoms with Gasteiger partial charge in [-0.25, -0.2) is 4.98 Å². The number of nitrogens with two attached hydrogens (primary N) is 1. The molecule has 1 fully saturated rings. The van der Waals surface area contributed by atoms with Gasteiger partial charge in [0.25, 0.3) is 0 Å². The molecule has 1 heterocycles. The monoisotopic (exact) mass is 288 g/mol. The smallest absolute Gasteiger partial charge is 0.180 e. The van der Waals surface area contributed by atoms with Gasteiger partial charge in [0, 0.05) is 10.9 Å². The molecule has 0 unspecified atom stereocenters. The molecule has 0 atom stereocenters. The normalized spacial score (nSPS) is 15.7. The zero-order chi connectivity index (χ0) is 14.1. The summed E-state index contributed by atoms with van der Waals surface area (Å²) in [5.74, 6) is 1.05. The minimum Gasteiger partial charge on any atom is -0.490 e. The van der Waals surface area contributed by atoms with Gasteiger partial charge in [0.05, 0.1) is 11.8 Å². The Bertz CT molecular complexity index is 592. The number of benzene rings is 1. The number of thiazole rings is 1. The van der Waals surface area contributed by atoms with E-state index in [0.29, 0.717) is 11.2 Å². The minimum atomic E-state index is 0.396. The highest BCUT2D eigenvalue weighted by atomic mass is 32.1. The van der Waals surface area contributed by atoms with Crippen molar-refractivity contribution >= 4 is 16.5 Å². The van der Waals surface area contributed by atoms with E-state index in [1.807, 2.05) is 5.38 Å². The molecule has 2 N–H and O–H groups in total. The van der Waals surface area contributed by atoms with Gasteiger partial charge in [-0.15, -0.1) is 11.3 Å². The van der Waals surface area contributed by atoms with Crippen LogP contribution >= 0.6 is 11.3 Å². The Hall–Kier alpha value is -1.55. The van der Waals surface area contributed by atoms with Crippen LogP contribution in [0.4, 0.5) is 5.13 Å². The molecule has 1 aliphatic carbocycles. The molecule has 3 rings (SSSR count). The van der Waals surface area contributed by atoms with Crippen molar-refractivity contribution in [2.75, 3.05) is 5.73 Å². The molecule has 2 aromatic rings. The van der Waals surface area contributed by atoms with Crippen molar-refractivity contribution in [2.45, 2.75) is 45.6 Å². The molecule has 106 valence electrons. The molecular formula is C16H20N2OS. The first-order valence-electron chi connectivity index (χ1n) is 7.13. The summed E-state index contributed by atoms with van der Waals surface area (Å²) in [7, 11) is 0. The largest absolute Gasteiger partial charge is 0.490 e. The fourth-order valence-electron chi connectivity index (χ4n) is 2.88. The molecule has 4 heteroatoms. The van der Waals surface area contributed by atoms with Crippen LogP contribution in [-0.4, -0.2) is 11.1 Å². The maximum Gasteiger partial charge on any atom is 0.180 e. The molecular weight excluding hydrogens is 268 g/mol. The second-order valence-electron chi connectivity index (χ2n) is 5.53. The van der Waals surface area contributed by atoms with E-state index in [9.17, 15) is 0 Å². The highest BCUT2D eigenvalue weighted by molar-refractivity contribution is 7.13. The third-order valence-electron chi connectivity index (χ3n) is 3.86. The predicted molar refractivity (Wildman–Crippen MR) is 84.3 cm³/mol. The van der Waals surface area contributed by atoms with Crippen molar-refractivity contribution in [2.24, 2.45) is 0 Å². The first-order chi connectivity index (χ1) is 9.63. The van der Waals surface area contributed by atoms with E-state index in [1.165, 1.54) is 48.1 Å². The third-order valence-corrected chi connectivity index (χ3v) is 4.54. The molecule has 3 nitrogen and oxygen atoms in total. The van der Waals surface area contributed by atoms with Crippen LogP contribution < -0.4 is 10.5 Å². The number of hydrogen-bond acceptors (Lipinski definition) is 4. The van der Waals surface area contributed by atoms with Crippen molar-refractivity contribution < 1.29 is 4.74 Å². The van der Waals surface area contributed by atoms with Crippen molar-refractivity contribution in [1.29, 1.82) is 0 Å². The first kappa shape index (κ1) is 13.4. The summed E-state index contributed by atoms with van der Waals surface area (Å²) in [4.78, 5) is 4.35. The second kappa shape index (κ2) is 5.44. The van der Waals surface area contributed by atoms with Gasteiger partial charge in [0.1, 0.15) is 5.75 Å². The third kappa shape index (κ3) is 2.66. The van der Waals surface area contributed by atoms with Crippen LogP contribution in [0.2, 0.25) is 0 Å². The molecule has 0 spiro atoms. The average Bonchev–Trinajstić information content (AvgIpc) is 3.05. The molecule has 0 bridgehead atoms. The number of aryl methyl sites for hydroxylation is 2. The Kier molecular flexibility index (Phi) is 3.66. The number of hydrogen-bond donors (Lipinski definition) is 1. The molecule has 0 saturated heterocycles. The summed E-state index contributed by atoms with van der Waals surface area (Å²) < 4.78 is 6.19. The van der Waals surface area contributed by atoms with E-state index in [2.05, 4.69) is 31.0 Å². The average molecular weight is 288 g/mol. The van der Waals surface area contributed by atoms with Crippen LogP contribution in [0.5, 0.6) is 5.75 Å². The van der Waals surface area contributed by atoms with E-state index in [4.69, 9.17) is 10.5 Å². The summed E-state index contributed by atoms with van der Waals surface area (Å²) in [5.41, 5.74) is 10.1. The Morgan fingerprint density at radius 3 is 2.40 bits per heavy atom. The van der Waals surface area contributed by atoms with Gasteiger partial charge in [0.2, 0.25) is 0 Å². The van der Waals surface area contributed by atoms with Gasteiger partial charge in [-0.1, -0.05) is 0 Å². The number of anilines is 1. The topological polar surface area (TPSA) is 48.1 Å². The predicted octanol–water partition coefficient (Wildman–Crippen LogP) is 4.33. The van der Waals surface area contributed by atoms with Crippen molar-refractivity contribution in [3.8, 4) is 17.0 Å². The minimum absolute atomic E-state index is 0.396. The fraction of sp³-hybridized carbons (Fsp3) is 0.438. The lowest BCUT2D eigenvalue weighted by molar-refractivity contribution is 0.207. The van der Waals surface area contributed by atoms with Crippen molar-refractivity contribution in [3.63, 3.8) is 0 Å². The van der Waals surface area contributed by atoms with Gasteiger partial charge < -0.3 is 10.5 Å². The van der Waals surface area contributed by atoms with Gasteiger partial charge in [-0.2, -0.15) is 0 Å². The van der Waals surface area contributed by atoms with E-state index >= 15 is 0 Å². The van der Waals surface area contributed by atoms with E-state index in [-0.39, 0.29) is 0 Å². The summed E-state index contributed by atoms with van der Waals surface area (Å²) in [6, 6.07) is 4.29. The van der Waals surface area contributed by atoms with E-state index < -0.39 is 0 Å². The number of aromatic nitrogens is 1. The summed E-state index contributed by atoms with van der Waals surface area (Å²) in [6.45, 7) is 4.22. The highest BCUT2D eigenvalue weighted by Gasteiger charge is 2.19. The number of nitrogens with zero attached hydrogens (tertiary/aromatic N) is 1. The SMILES string of the molecule is Cc1cc(-c2csc(N)n2)cc(C)c1OC1CCCC1. The molecule has 20 heavy (non-hydrogen) atoms. The fourth-order valence-corrected chi connectivity index (χ4v) is 3.45.